The smallest absolute Gasteiger partial charge is 0.244 e. The van der Waals surface area contributed by atoms with Crippen molar-refractivity contribution >= 4 is 34.0 Å². The van der Waals surface area contributed by atoms with Crippen LogP contribution in [0.5, 0.6) is 0 Å². The molecule has 0 fully saturated rings. The van der Waals surface area contributed by atoms with Crippen LogP contribution in [0, 0.1) is 0 Å². The van der Waals surface area contributed by atoms with Crippen molar-refractivity contribution in [1.82, 2.24) is 9.88 Å². The Morgan fingerprint density at radius 2 is 2.36 bits per heavy atom. The third kappa shape index (κ3) is 2.85. The summed E-state index contributed by atoms with van der Waals surface area (Å²) < 4.78 is 0. The van der Waals surface area contributed by atoms with Gasteiger partial charge >= 0.3 is 0 Å². The first-order valence-corrected chi connectivity index (χ1v) is 5.35. The third-order valence-corrected chi connectivity index (χ3v) is 2.72. The molecule has 0 aliphatic carbocycles. The lowest BCUT2D eigenvalue weighted by molar-refractivity contribution is -0.129. The average molecular weight is 234 g/mol. The van der Waals surface area contributed by atoms with Gasteiger partial charge in [0.25, 0.3) is 0 Å². The number of anilines is 1. The van der Waals surface area contributed by atoms with Crippen LogP contribution in [0.1, 0.15) is 6.92 Å². The summed E-state index contributed by atoms with van der Waals surface area (Å²) in [5.74, 6) is 0.0105. The summed E-state index contributed by atoms with van der Waals surface area (Å²) in [6.45, 7) is 1.79. The highest BCUT2D eigenvalue weighted by molar-refractivity contribution is 7.14. The minimum Gasteiger partial charge on any atom is -0.350 e. The van der Waals surface area contributed by atoms with Crippen molar-refractivity contribution in [3.05, 3.63) is 10.5 Å². The molecule has 6 heteroatoms. The number of amides is 1. The maximum atomic E-state index is 11.5. The van der Waals surface area contributed by atoms with Crippen LogP contribution in [0.2, 0.25) is 5.15 Å². The van der Waals surface area contributed by atoms with E-state index in [4.69, 9.17) is 11.6 Å². The summed E-state index contributed by atoms with van der Waals surface area (Å²) >= 11 is 7.03. The van der Waals surface area contributed by atoms with Gasteiger partial charge in [-0.15, -0.1) is 11.3 Å². The van der Waals surface area contributed by atoms with Crippen LogP contribution in [-0.4, -0.2) is 35.9 Å². The van der Waals surface area contributed by atoms with Gasteiger partial charge in [-0.25, -0.2) is 4.98 Å². The Bertz CT molecular complexity index is 326. The standard InChI is InChI=1S/C8H12ClN3OS/c1-5(7(13)12(2)3)10-8-11-6(9)4-14-8/h4-5H,1-3H3,(H,10,11). The van der Waals surface area contributed by atoms with Crippen molar-refractivity contribution < 1.29 is 4.79 Å². The summed E-state index contributed by atoms with van der Waals surface area (Å²) in [4.78, 5) is 17.0. The van der Waals surface area contributed by atoms with Crippen LogP contribution in [-0.2, 0) is 4.79 Å². The summed E-state index contributed by atoms with van der Waals surface area (Å²) in [6, 6.07) is -0.285. The van der Waals surface area contributed by atoms with Crippen LogP contribution < -0.4 is 5.32 Å². The number of nitrogens with one attached hydrogen (secondary N) is 1. The summed E-state index contributed by atoms with van der Waals surface area (Å²) in [5, 5.41) is 5.81. The van der Waals surface area contributed by atoms with Crippen LogP contribution in [0.15, 0.2) is 5.38 Å². The van der Waals surface area contributed by atoms with Crippen molar-refractivity contribution in [1.29, 1.82) is 0 Å². The minimum atomic E-state index is -0.285. The van der Waals surface area contributed by atoms with Gasteiger partial charge in [0.2, 0.25) is 5.91 Å². The first-order valence-electron chi connectivity index (χ1n) is 4.09. The number of likely N-dealkylation sites (N-methyl/N-ethyl adjacent to an activating group) is 1. The SMILES string of the molecule is CC(Nc1nc(Cl)cs1)C(=O)N(C)C. The molecule has 1 heterocycles. The van der Waals surface area contributed by atoms with Crippen LogP contribution in [0.4, 0.5) is 5.13 Å². The summed E-state index contributed by atoms with van der Waals surface area (Å²) in [5.41, 5.74) is 0. The summed E-state index contributed by atoms with van der Waals surface area (Å²) in [6.07, 6.45) is 0. The molecule has 0 radical (unpaired) electrons. The molecular formula is C8H12ClN3OS. The van der Waals surface area contributed by atoms with Gasteiger partial charge in [-0.1, -0.05) is 11.6 Å². The molecule has 1 amide bonds. The largest absolute Gasteiger partial charge is 0.350 e. The van der Waals surface area contributed by atoms with Gasteiger partial charge in [0, 0.05) is 19.5 Å². The second-order valence-corrected chi connectivity index (χ2v) is 4.32. The predicted octanol–water partition coefficient (Wildman–Crippen LogP) is 1.69. The van der Waals surface area contributed by atoms with Gasteiger partial charge < -0.3 is 10.2 Å². The Hall–Kier alpha value is -0.810. The molecule has 0 saturated carbocycles. The fourth-order valence-corrected chi connectivity index (χ4v) is 1.88. The fourth-order valence-electron chi connectivity index (χ4n) is 0.955. The molecule has 0 spiro atoms. The lowest BCUT2D eigenvalue weighted by Crippen LogP contribution is -2.36. The fraction of sp³-hybridized carbons (Fsp3) is 0.500. The first-order chi connectivity index (χ1) is 6.50. The van der Waals surface area contributed by atoms with E-state index in [2.05, 4.69) is 10.3 Å². The van der Waals surface area contributed by atoms with Gasteiger partial charge in [0.05, 0.1) is 0 Å². The molecule has 0 aromatic carbocycles. The zero-order valence-electron chi connectivity index (χ0n) is 8.24. The van der Waals surface area contributed by atoms with E-state index in [9.17, 15) is 4.79 Å². The number of carbonyl (C=O) groups excluding carboxylic acids is 1. The molecule has 1 rings (SSSR count). The zero-order chi connectivity index (χ0) is 10.7. The van der Waals surface area contributed by atoms with Gasteiger partial charge in [0.15, 0.2) is 5.13 Å². The van der Waals surface area contributed by atoms with E-state index < -0.39 is 0 Å². The molecule has 1 unspecified atom stereocenters. The third-order valence-electron chi connectivity index (χ3n) is 1.63. The van der Waals surface area contributed by atoms with Gasteiger partial charge in [0.1, 0.15) is 11.2 Å². The molecule has 1 N–H and O–H groups in total. The predicted molar refractivity (Wildman–Crippen MR) is 58.9 cm³/mol. The lowest BCUT2D eigenvalue weighted by Gasteiger charge is -2.17. The van der Waals surface area contributed by atoms with Crippen LogP contribution in [0.25, 0.3) is 0 Å². The van der Waals surface area contributed by atoms with E-state index in [-0.39, 0.29) is 11.9 Å². The number of thiazole rings is 1. The van der Waals surface area contributed by atoms with Crippen LogP contribution >= 0.6 is 22.9 Å². The van der Waals surface area contributed by atoms with Gasteiger partial charge in [-0.2, -0.15) is 0 Å². The Morgan fingerprint density at radius 1 is 1.71 bits per heavy atom. The number of halogens is 1. The van der Waals surface area contributed by atoms with Crippen molar-refractivity contribution in [2.75, 3.05) is 19.4 Å². The number of nitrogens with zero attached hydrogens (tertiary/aromatic N) is 2. The topological polar surface area (TPSA) is 45.2 Å². The number of hydrogen-bond acceptors (Lipinski definition) is 4. The number of rotatable bonds is 3. The molecule has 1 aromatic heterocycles. The Morgan fingerprint density at radius 3 is 2.79 bits per heavy atom. The molecule has 14 heavy (non-hydrogen) atoms. The molecule has 4 nitrogen and oxygen atoms in total. The average Bonchev–Trinajstić information content (AvgIpc) is 2.49. The summed E-state index contributed by atoms with van der Waals surface area (Å²) in [7, 11) is 3.44. The molecule has 1 aromatic rings. The van der Waals surface area contributed by atoms with E-state index in [1.54, 1.807) is 26.4 Å². The number of aromatic nitrogens is 1. The molecule has 78 valence electrons. The molecule has 0 aliphatic heterocycles. The van der Waals surface area contributed by atoms with Gasteiger partial charge in [-0.3, -0.25) is 4.79 Å². The Kier molecular flexibility index (Phi) is 3.71. The molecule has 0 saturated heterocycles. The second-order valence-electron chi connectivity index (χ2n) is 3.07. The lowest BCUT2D eigenvalue weighted by atomic mass is 10.3. The highest BCUT2D eigenvalue weighted by Gasteiger charge is 2.15. The maximum absolute atomic E-state index is 11.5. The van der Waals surface area contributed by atoms with Gasteiger partial charge in [-0.05, 0) is 6.92 Å². The van der Waals surface area contributed by atoms with Crippen LogP contribution in [0.3, 0.4) is 0 Å². The first kappa shape index (κ1) is 11.3. The molecular weight excluding hydrogens is 222 g/mol. The number of carbonyl (C=O) groups is 1. The van der Waals surface area contributed by atoms with Crippen molar-refractivity contribution in [2.45, 2.75) is 13.0 Å². The molecule has 0 aliphatic rings. The van der Waals surface area contributed by atoms with Crippen molar-refractivity contribution in [2.24, 2.45) is 0 Å². The highest BCUT2D eigenvalue weighted by Crippen LogP contribution is 2.19. The Balaban J connectivity index is 2.57. The zero-order valence-corrected chi connectivity index (χ0v) is 9.82. The van der Waals surface area contributed by atoms with E-state index >= 15 is 0 Å². The number of hydrogen-bond donors (Lipinski definition) is 1. The normalized spacial score (nSPS) is 12.3. The van der Waals surface area contributed by atoms with E-state index in [1.807, 2.05) is 0 Å². The minimum absolute atomic E-state index is 0.0105. The maximum Gasteiger partial charge on any atom is 0.244 e. The molecule has 1 atom stereocenters. The van der Waals surface area contributed by atoms with E-state index in [0.717, 1.165) is 0 Å². The second kappa shape index (κ2) is 4.61. The van der Waals surface area contributed by atoms with Crippen molar-refractivity contribution in [3.8, 4) is 0 Å². The van der Waals surface area contributed by atoms with Crippen molar-refractivity contribution in [3.63, 3.8) is 0 Å². The quantitative estimate of drug-likeness (QED) is 0.864. The highest BCUT2D eigenvalue weighted by atomic mass is 35.5. The molecule has 0 bridgehead atoms. The monoisotopic (exact) mass is 233 g/mol. The van der Waals surface area contributed by atoms with E-state index in [0.29, 0.717) is 10.3 Å². The Labute approximate surface area is 91.9 Å². The van der Waals surface area contributed by atoms with E-state index in [1.165, 1.54) is 16.2 Å².